The summed E-state index contributed by atoms with van der Waals surface area (Å²) < 4.78 is 51.5. The number of ether oxygens (including phenoxy) is 1. The molecule has 0 amide bonds. The minimum Gasteiger partial charge on any atom is -0.508 e. The Labute approximate surface area is 235 Å². The van der Waals surface area contributed by atoms with Crippen molar-refractivity contribution in [1.82, 2.24) is 19.9 Å². The Morgan fingerprint density at radius 1 is 1.32 bits per heavy atom. The summed E-state index contributed by atoms with van der Waals surface area (Å²) in [6.45, 7) is 5.52. The summed E-state index contributed by atoms with van der Waals surface area (Å²) in [5.41, 5.74) is -0.631. The lowest BCUT2D eigenvalue weighted by Crippen LogP contribution is -2.43. The minimum atomic E-state index is -0.924. The Bertz CT molecular complexity index is 1740. The Hall–Kier alpha value is -4.36. The standard InChI is InChI=1S/C31H28F3N5O2/c1-4-10-38(3)29-23-15-35-27(22-13-20(40)12-18-7-8-24(33)21(5-2)25(18)22)26(34)28(23)36-30(37-29)41-17-31-9-6-11-39(31)16-19(32)14-31/h2,4,7-8,12-13,15,19,40H,1,6,9-11,14,16-17H2,3H3/t19-,31+/m1/s1. The maximum atomic E-state index is 16.4. The van der Waals surface area contributed by atoms with E-state index in [0.29, 0.717) is 36.1 Å². The lowest BCUT2D eigenvalue weighted by molar-refractivity contribution is 0.107. The van der Waals surface area contributed by atoms with Gasteiger partial charge in [0.25, 0.3) is 0 Å². The van der Waals surface area contributed by atoms with E-state index in [1.54, 1.807) is 18.0 Å². The number of aromatic hydroxyl groups is 1. The molecule has 1 N–H and O–H groups in total. The molecule has 2 aromatic heterocycles. The van der Waals surface area contributed by atoms with Crippen LogP contribution in [0.4, 0.5) is 19.0 Å². The van der Waals surface area contributed by atoms with Crippen molar-refractivity contribution in [2.45, 2.75) is 31.0 Å². The minimum absolute atomic E-state index is 0.0564. The molecular weight excluding hydrogens is 531 g/mol. The Morgan fingerprint density at radius 3 is 2.93 bits per heavy atom. The lowest BCUT2D eigenvalue weighted by atomic mass is 9.95. The molecule has 0 saturated carbocycles. The number of alkyl halides is 1. The van der Waals surface area contributed by atoms with Crippen molar-refractivity contribution >= 4 is 27.5 Å². The van der Waals surface area contributed by atoms with Crippen LogP contribution in [0.15, 0.2) is 43.1 Å². The topological polar surface area (TPSA) is 74.6 Å². The van der Waals surface area contributed by atoms with Crippen molar-refractivity contribution in [3.05, 3.63) is 60.3 Å². The Morgan fingerprint density at radius 2 is 2.15 bits per heavy atom. The van der Waals surface area contributed by atoms with Gasteiger partial charge < -0.3 is 14.7 Å². The normalized spacial score (nSPS) is 20.3. The van der Waals surface area contributed by atoms with Crippen LogP contribution in [0, 0.1) is 24.0 Å². The zero-order valence-corrected chi connectivity index (χ0v) is 22.5. The second-order valence-corrected chi connectivity index (χ2v) is 10.7. The monoisotopic (exact) mass is 559 g/mol. The van der Waals surface area contributed by atoms with E-state index in [1.807, 2.05) is 0 Å². The van der Waals surface area contributed by atoms with Crippen LogP contribution in [0.25, 0.3) is 32.9 Å². The number of terminal acetylenes is 1. The quantitative estimate of drug-likeness (QED) is 0.241. The molecule has 2 atom stereocenters. The fourth-order valence-corrected chi connectivity index (χ4v) is 6.25. The first kappa shape index (κ1) is 26.8. The highest BCUT2D eigenvalue weighted by Gasteiger charge is 2.49. The molecule has 6 rings (SSSR count). The number of rotatable bonds is 7. The van der Waals surface area contributed by atoms with Crippen molar-refractivity contribution in [3.8, 4) is 35.4 Å². The number of hydrogen-bond donors (Lipinski definition) is 1. The summed E-state index contributed by atoms with van der Waals surface area (Å²) in [7, 11) is 1.77. The third kappa shape index (κ3) is 4.50. The first-order chi connectivity index (χ1) is 19.7. The molecule has 0 spiro atoms. The van der Waals surface area contributed by atoms with Crippen LogP contribution in [0.3, 0.4) is 0 Å². The highest BCUT2D eigenvalue weighted by atomic mass is 19.1. The summed E-state index contributed by atoms with van der Waals surface area (Å²) in [4.78, 5) is 17.2. The maximum absolute atomic E-state index is 16.4. The number of hydrogen-bond acceptors (Lipinski definition) is 7. The van der Waals surface area contributed by atoms with E-state index in [-0.39, 0.29) is 46.1 Å². The van der Waals surface area contributed by atoms with Gasteiger partial charge in [-0.15, -0.1) is 13.0 Å². The molecule has 0 bridgehead atoms. The third-order valence-corrected chi connectivity index (χ3v) is 8.09. The summed E-state index contributed by atoms with van der Waals surface area (Å²) in [6.07, 6.45) is 9.91. The van der Waals surface area contributed by atoms with Crippen LogP contribution >= 0.6 is 0 Å². The lowest BCUT2D eigenvalue weighted by Gasteiger charge is -2.31. The van der Waals surface area contributed by atoms with Crippen LogP contribution in [0.5, 0.6) is 11.8 Å². The molecule has 41 heavy (non-hydrogen) atoms. The van der Waals surface area contributed by atoms with Gasteiger partial charge in [0, 0.05) is 43.7 Å². The van der Waals surface area contributed by atoms with E-state index < -0.39 is 23.3 Å². The molecule has 0 aliphatic carbocycles. The molecule has 7 nitrogen and oxygen atoms in total. The second kappa shape index (κ2) is 10.2. The summed E-state index contributed by atoms with van der Waals surface area (Å²) >= 11 is 0. The maximum Gasteiger partial charge on any atom is 0.319 e. The number of likely N-dealkylation sites (N-methyl/N-ethyl adjacent to an activating group) is 1. The van der Waals surface area contributed by atoms with Crippen LogP contribution in [0.2, 0.25) is 0 Å². The van der Waals surface area contributed by atoms with Crippen LogP contribution in [-0.2, 0) is 0 Å². The Kier molecular flexibility index (Phi) is 6.70. The van der Waals surface area contributed by atoms with Crippen molar-refractivity contribution in [3.63, 3.8) is 0 Å². The van der Waals surface area contributed by atoms with E-state index in [1.165, 1.54) is 30.5 Å². The van der Waals surface area contributed by atoms with Crippen LogP contribution in [0.1, 0.15) is 24.8 Å². The molecule has 2 fully saturated rings. The summed E-state index contributed by atoms with van der Waals surface area (Å²) in [5, 5.41) is 11.4. The molecule has 0 radical (unpaired) electrons. The zero-order valence-electron chi connectivity index (χ0n) is 22.5. The predicted octanol–water partition coefficient (Wildman–Crippen LogP) is 5.39. The molecular formula is C31H28F3N5O2. The van der Waals surface area contributed by atoms with Crippen molar-refractivity contribution in [2.75, 3.05) is 38.2 Å². The zero-order chi connectivity index (χ0) is 28.9. The number of benzene rings is 2. The number of halogens is 3. The van der Waals surface area contributed by atoms with E-state index in [0.717, 1.165) is 19.4 Å². The van der Waals surface area contributed by atoms with Gasteiger partial charge in [-0.1, -0.05) is 18.1 Å². The Balaban J connectivity index is 1.51. The summed E-state index contributed by atoms with van der Waals surface area (Å²) in [5.74, 6) is 1.08. The van der Waals surface area contributed by atoms with E-state index in [4.69, 9.17) is 11.2 Å². The van der Waals surface area contributed by atoms with Crippen molar-refractivity contribution in [1.29, 1.82) is 0 Å². The number of pyridine rings is 1. The van der Waals surface area contributed by atoms with E-state index in [9.17, 15) is 13.9 Å². The fraction of sp³-hybridized carbons (Fsp3) is 0.323. The molecule has 10 heteroatoms. The molecule has 2 aromatic carbocycles. The van der Waals surface area contributed by atoms with E-state index in [2.05, 4.69) is 32.4 Å². The van der Waals surface area contributed by atoms with Gasteiger partial charge in [0.15, 0.2) is 5.82 Å². The van der Waals surface area contributed by atoms with Gasteiger partial charge in [0.05, 0.1) is 16.5 Å². The molecule has 2 aliphatic heterocycles. The fourth-order valence-electron chi connectivity index (χ4n) is 6.25. The van der Waals surface area contributed by atoms with Gasteiger partial charge in [-0.2, -0.15) is 9.97 Å². The molecule has 4 aromatic rings. The van der Waals surface area contributed by atoms with Gasteiger partial charge in [-0.05, 0) is 43.0 Å². The van der Waals surface area contributed by atoms with Gasteiger partial charge in [-0.25, -0.2) is 13.2 Å². The first-order valence-electron chi connectivity index (χ1n) is 13.4. The van der Waals surface area contributed by atoms with Gasteiger partial charge >= 0.3 is 6.01 Å². The predicted molar refractivity (Wildman–Crippen MR) is 152 cm³/mol. The number of anilines is 1. The molecule has 2 saturated heterocycles. The molecule has 0 unspecified atom stereocenters. The van der Waals surface area contributed by atoms with Crippen LogP contribution in [-0.4, -0.2) is 70.0 Å². The van der Waals surface area contributed by atoms with Gasteiger partial charge in [-0.3, -0.25) is 9.88 Å². The highest BCUT2D eigenvalue weighted by molar-refractivity contribution is 6.03. The number of phenols is 1. The summed E-state index contributed by atoms with van der Waals surface area (Å²) in [6, 6.07) is 5.32. The van der Waals surface area contributed by atoms with E-state index >= 15 is 4.39 Å². The van der Waals surface area contributed by atoms with Gasteiger partial charge in [0.1, 0.15) is 41.4 Å². The largest absolute Gasteiger partial charge is 0.508 e. The average Bonchev–Trinajstić information content (AvgIpc) is 3.47. The van der Waals surface area contributed by atoms with Gasteiger partial charge in [0.2, 0.25) is 0 Å². The first-order valence-corrected chi connectivity index (χ1v) is 13.4. The second-order valence-electron chi connectivity index (χ2n) is 10.7. The molecule has 210 valence electrons. The SMILES string of the molecule is C#Cc1c(F)ccc2cc(O)cc(-c3ncc4c(N(C)CC=C)nc(OC[C@@]56CCCN5C[C@H](F)C6)nc4c3F)c12. The number of aromatic nitrogens is 3. The third-order valence-electron chi connectivity index (χ3n) is 8.09. The smallest absolute Gasteiger partial charge is 0.319 e. The number of nitrogens with zero attached hydrogens (tertiary/aromatic N) is 5. The number of phenolic OH excluding ortho intramolecular Hbond substituents is 1. The molecule has 2 aliphatic rings. The van der Waals surface area contributed by atoms with Crippen LogP contribution < -0.4 is 9.64 Å². The average molecular weight is 560 g/mol. The molecule has 4 heterocycles. The highest BCUT2D eigenvalue weighted by Crippen LogP contribution is 2.41. The van der Waals surface area contributed by atoms with Crippen molar-refractivity contribution < 1.29 is 23.0 Å². The van der Waals surface area contributed by atoms with Crippen molar-refractivity contribution in [2.24, 2.45) is 0 Å². The number of fused-ring (bicyclic) bond motifs is 3.